The predicted octanol–water partition coefficient (Wildman–Crippen LogP) is -3.26. The van der Waals surface area contributed by atoms with E-state index in [0.717, 1.165) is 6.04 Å². The van der Waals surface area contributed by atoms with Gasteiger partial charge in [0.15, 0.2) is 0 Å². The van der Waals surface area contributed by atoms with E-state index in [-0.39, 0.29) is 24.8 Å². The fourth-order valence-electron chi connectivity index (χ4n) is 1.64. The number of nitrogens with one attached hydrogen (secondary N) is 1. The van der Waals surface area contributed by atoms with Crippen LogP contribution in [0, 0.1) is 0 Å². The first-order valence-corrected chi connectivity index (χ1v) is 15.2. The third-order valence-electron chi connectivity index (χ3n) is 2.71. The molecule has 1 N–H and O–H groups in total. The summed E-state index contributed by atoms with van der Waals surface area (Å²) >= 11 is -1.35. The molecule has 1 unspecified atom stereocenters. The summed E-state index contributed by atoms with van der Waals surface area (Å²) < 4.78 is 5.76. The maximum absolute atomic E-state index is 3.96. The molecule has 5 heteroatoms. The molecule has 1 nitrogen and oxygen atoms in total. The predicted molar refractivity (Wildman–Crippen MR) is 63.6 cm³/mol. The molecule has 0 saturated carbocycles. The topological polar surface area (TPSA) is 12.0 Å². The maximum atomic E-state index is 3.96. The molecule has 0 aromatic carbocycles. The fourth-order valence-corrected chi connectivity index (χ4v) is 17.4. The van der Waals surface area contributed by atoms with Crippen molar-refractivity contribution in [2.24, 2.45) is 0 Å². The summed E-state index contributed by atoms with van der Waals surface area (Å²) in [7, 11) is 0. The second kappa shape index (κ2) is 10.1. The zero-order valence-corrected chi connectivity index (χ0v) is 15.7. The first-order valence-electron chi connectivity index (χ1n) is 5.64. The summed E-state index contributed by atoms with van der Waals surface area (Å²) in [4.78, 5) is 0. The Balaban J connectivity index is 0. The van der Waals surface area contributed by atoms with Gasteiger partial charge < -0.3 is 24.8 Å². The van der Waals surface area contributed by atoms with Gasteiger partial charge in [0.1, 0.15) is 0 Å². The van der Waals surface area contributed by atoms with Crippen LogP contribution in [0.3, 0.4) is 0 Å². The number of halogens is 2. The average molecular weight is 359 g/mol. The van der Waals surface area contributed by atoms with Crippen LogP contribution in [0.1, 0.15) is 26.7 Å². The van der Waals surface area contributed by atoms with Crippen LogP contribution >= 0.6 is 0 Å². The molecule has 0 aliphatic heterocycles. The van der Waals surface area contributed by atoms with Crippen molar-refractivity contribution in [1.29, 1.82) is 0 Å². The van der Waals surface area contributed by atoms with Crippen molar-refractivity contribution in [2.45, 2.75) is 45.8 Å². The summed E-state index contributed by atoms with van der Waals surface area (Å²) in [6.07, 6.45) is 9.46. The van der Waals surface area contributed by atoms with Crippen LogP contribution in [0.25, 0.3) is 0 Å². The van der Waals surface area contributed by atoms with Crippen LogP contribution in [-0.4, -0.2) is 12.0 Å². The zero-order chi connectivity index (χ0) is 10.6. The minimum Gasteiger partial charge on any atom is -1.00 e. The molecule has 1 rings (SSSR count). The molecule has 0 saturated heterocycles. The standard InChI is InChI=1S/C5H5.C4H10N.C2H7Si.2ClH.Zr/c1-2-4-5-3-1;1-3-4(2)5;1-3-2;;;/h1-3H,4H2;4-5H,3H2,1-2H3;3H,1-2H3;2*1H;/q;-1;;;;+3/p-2. The van der Waals surface area contributed by atoms with E-state index in [2.05, 4.69) is 48.4 Å². The molecule has 93 valence electrons. The summed E-state index contributed by atoms with van der Waals surface area (Å²) in [6.45, 7) is 9.65. The van der Waals surface area contributed by atoms with E-state index in [1.165, 1.54) is 12.8 Å². The molecule has 0 aromatic heterocycles. The molecule has 0 spiro atoms. The van der Waals surface area contributed by atoms with Gasteiger partial charge >= 0.3 is 97.7 Å². The number of allylic oxidation sites excluding steroid dienone is 4. The van der Waals surface area contributed by atoms with E-state index in [1.807, 2.05) is 0 Å². The van der Waals surface area contributed by atoms with Crippen LogP contribution < -0.4 is 28.1 Å². The van der Waals surface area contributed by atoms with Crippen molar-refractivity contribution in [3.63, 3.8) is 0 Å². The molecule has 0 aromatic rings. The Morgan fingerprint density at radius 3 is 2.44 bits per heavy atom. The van der Waals surface area contributed by atoms with Gasteiger partial charge in [-0.15, -0.1) is 0 Å². The summed E-state index contributed by atoms with van der Waals surface area (Å²) in [5, 5.41) is 0. The molecule has 1 atom stereocenters. The van der Waals surface area contributed by atoms with E-state index in [1.54, 1.807) is 3.28 Å². The molecular weight excluding hydrogens is 336 g/mol. The Kier molecular flexibility index (Phi) is 12.3. The number of rotatable bonds is 5. The van der Waals surface area contributed by atoms with Gasteiger partial charge in [-0.3, -0.25) is 0 Å². The van der Waals surface area contributed by atoms with Gasteiger partial charge in [0.2, 0.25) is 0 Å². The van der Waals surface area contributed by atoms with Crippen LogP contribution in [0.15, 0.2) is 21.5 Å². The van der Waals surface area contributed by atoms with Crippen molar-refractivity contribution in [3.8, 4) is 0 Å². The van der Waals surface area contributed by atoms with Gasteiger partial charge in [0.25, 0.3) is 0 Å². The van der Waals surface area contributed by atoms with E-state index in [9.17, 15) is 0 Å². The van der Waals surface area contributed by atoms with E-state index >= 15 is 0 Å². The van der Waals surface area contributed by atoms with Crippen molar-refractivity contribution < 1.29 is 46.0 Å². The molecule has 1 aliphatic carbocycles. The third-order valence-corrected chi connectivity index (χ3v) is 20.1. The largest absolute Gasteiger partial charge is 1.00 e. The van der Waals surface area contributed by atoms with Crippen molar-refractivity contribution in [2.75, 3.05) is 0 Å². The molecule has 0 fully saturated rings. The first kappa shape index (κ1) is 19.5. The molecule has 0 amide bonds. The van der Waals surface area contributed by atoms with Crippen LogP contribution in [-0.2, 0) is 21.2 Å². The third kappa shape index (κ3) is 6.16. The van der Waals surface area contributed by atoms with Crippen molar-refractivity contribution in [1.82, 2.24) is 3.26 Å². The minimum atomic E-state index is -1.35. The smallest absolute Gasteiger partial charge is 1.00 e. The normalized spacial score (nSPS) is 15.2. The maximum Gasteiger partial charge on any atom is -1.00 e. The van der Waals surface area contributed by atoms with Crippen LogP contribution in [0.5, 0.6) is 0 Å². The van der Waals surface area contributed by atoms with Gasteiger partial charge in [-0.2, -0.15) is 0 Å². The second-order valence-corrected chi connectivity index (χ2v) is 22.9. The van der Waals surface area contributed by atoms with Gasteiger partial charge in [-0.05, 0) is 0 Å². The van der Waals surface area contributed by atoms with Crippen LogP contribution in [0.4, 0.5) is 0 Å². The zero-order valence-electron chi connectivity index (χ0n) is 10.6. The average Bonchev–Trinajstić information content (AvgIpc) is 2.65. The number of hydrogen-bond donors (Lipinski definition) is 1. The van der Waals surface area contributed by atoms with E-state index in [0.29, 0.717) is 0 Å². The second-order valence-electron chi connectivity index (χ2n) is 4.35. The quantitative estimate of drug-likeness (QED) is 0.509. The van der Waals surface area contributed by atoms with Gasteiger partial charge in [0.05, 0.1) is 0 Å². The Labute approximate surface area is 122 Å². The SMILES string of the molecule is CCC(C)[NH][Zr+2]([C]1=CC=CC1)[SiH](C)C.[Cl-].[Cl-]. The van der Waals surface area contributed by atoms with E-state index < -0.39 is 27.1 Å². The molecule has 0 radical (unpaired) electrons. The Hall–Kier alpha value is 1.12. The first-order chi connectivity index (χ1) is 6.65. The fraction of sp³-hybridized carbons (Fsp3) is 0.636. The minimum absolute atomic E-state index is 0. The molecular formula is C11H22Cl2NSiZr. The summed E-state index contributed by atoms with van der Waals surface area (Å²) in [5.41, 5.74) is 0. The Bertz CT molecular complexity index is 244. The molecule has 1 aliphatic rings. The molecule has 16 heavy (non-hydrogen) atoms. The number of hydrogen-bond acceptors (Lipinski definition) is 1. The summed E-state index contributed by atoms with van der Waals surface area (Å²) in [5.74, 6) is -0.431. The summed E-state index contributed by atoms with van der Waals surface area (Å²) in [6, 6.07) is 0.737. The molecule has 0 heterocycles. The van der Waals surface area contributed by atoms with Gasteiger partial charge in [-0.25, -0.2) is 0 Å². The van der Waals surface area contributed by atoms with E-state index in [4.69, 9.17) is 0 Å². The van der Waals surface area contributed by atoms with Crippen LogP contribution in [0.2, 0.25) is 13.1 Å². The van der Waals surface area contributed by atoms with Gasteiger partial charge in [-0.1, -0.05) is 0 Å². The van der Waals surface area contributed by atoms with Crippen molar-refractivity contribution >= 4 is 5.92 Å². The van der Waals surface area contributed by atoms with Gasteiger partial charge in [0, 0.05) is 0 Å². The Morgan fingerprint density at radius 1 is 1.44 bits per heavy atom. The van der Waals surface area contributed by atoms with Crippen molar-refractivity contribution in [3.05, 3.63) is 21.5 Å². The molecule has 0 bridgehead atoms. The Morgan fingerprint density at radius 2 is 2.06 bits per heavy atom. The monoisotopic (exact) mass is 356 g/mol.